The minimum atomic E-state index is -0.287. The number of hydrogen-bond donors (Lipinski definition) is 1. The number of aromatic nitrogens is 2. The Hall–Kier alpha value is -2.14. The average Bonchev–Trinajstić information content (AvgIpc) is 2.83. The zero-order valence-electron chi connectivity index (χ0n) is 11.3. The molecule has 0 aliphatic rings. The number of halogens is 2. The number of aryl methyl sites for hydroxylation is 1. The number of imidazole rings is 1. The summed E-state index contributed by atoms with van der Waals surface area (Å²) in [6.07, 6.45) is 1.87. The molecular weight excluding hydrogens is 333 g/mol. The molecule has 0 radical (unpaired) electrons. The van der Waals surface area contributed by atoms with Gasteiger partial charge in [-0.1, -0.05) is 18.2 Å². The Morgan fingerprint density at radius 1 is 1.14 bits per heavy atom. The molecule has 0 saturated carbocycles. The quantitative estimate of drug-likeness (QED) is 0.736. The average molecular weight is 346 g/mol. The van der Waals surface area contributed by atoms with Crippen LogP contribution in [0.4, 0.5) is 16.0 Å². The van der Waals surface area contributed by atoms with E-state index in [-0.39, 0.29) is 5.82 Å². The number of para-hydroxylation sites is 1. The summed E-state index contributed by atoms with van der Waals surface area (Å²) in [6, 6.07) is 14.3. The third-order valence-corrected chi connectivity index (χ3v) is 3.69. The van der Waals surface area contributed by atoms with E-state index in [0.29, 0.717) is 11.6 Å². The number of rotatable bonds is 3. The molecule has 1 N–H and O–H groups in total. The molecule has 0 aliphatic heterocycles. The number of anilines is 2. The number of benzene rings is 2. The Bertz CT molecular complexity index is 768. The van der Waals surface area contributed by atoms with Gasteiger partial charge in [0.2, 0.25) is 5.95 Å². The second-order valence-electron chi connectivity index (χ2n) is 4.66. The van der Waals surface area contributed by atoms with Crippen LogP contribution in [0.1, 0.15) is 5.69 Å². The summed E-state index contributed by atoms with van der Waals surface area (Å²) in [5.74, 6) is 0.357. The third kappa shape index (κ3) is 2.97. The third-order valence-electron chi connectivity index (χ3n) is 3.02. The van der Waals surface area contributed by atoms with Gasteiger partial charge in [0, 0.05) is 16.4 Å². The molecular formula is C16H13BrFN3. The Morgan fingerprint density at radius 3 is 2.67 bits per heavy atom. The van der Waals surface area contributed by atoms with Crippen LogP contribution in [-0.4, -0.2) is 9.55 Å². The summed E-state index contributed by atoms with van der Waals surface area (Å²) < 4.78 is 16.2. The Kier molecular flexibility index (Phi) is 3.75. The second kappa shape index (κ2) is 5.69. The van der Waals surface area contributed by atoms with Gasteiger partial charge < -0.3 is 5.32 Å². The Labute approximate surface area is 130 Å². The van der Waals surface area contributed by atoms with Crippen LogP contribution >= 0.6 is 15.9 Å². The van der Waals surface area contributed by atoms with Crippen molar-refractivity contribution in [2.24, 2.45) is 0 Å². The zero-order valence-corrected chi connectivity index (χ0v) is 12.9. The van der Waals surface area contributed by atoms with E-state index in [4.69, 9.17) is 0 Å². The van der Waals surface area contributed by atoms with Gasteiger partial charge in [-0.2, -0.15) is 0 Å². The molecule has 1 heterocycles. The summed E-state index contributed by atoms with van der Waals surface area (Å²) >= 11 is 3.45. The lowest BCUT2D eigenvalue weighted by atomic mass is 10.3. The Morgan fingerprint density at radius 2 is 1.90 bits per heavy atom. The molecule has 0 atom stereocenters. The molecule has 0 unspecified atom stereocenters. The maximum absolute atomic E-state index is 13.5. The van der Waals surface area contributed by atoms with Crippen molar-refractivity contribution in [1.82, 2.24) is 9.55 Å². The molecule has 3 rings (SSSR count). The van der Waals surface area contributed by atoms with Crippen LogP contribution in [0.5, 0.6) is 0 Å². The highest BCUT2D eigenvalue weighted by molar-refractivity contribution is 9.10. The Balaban J connectivity index is 2.05. The van der Waals surface area contributed by atoms with Crippen molar-refractivity contribution in [3.8, 4) is 5.69 Å². The molecule has 0 bridgehead atoms. The highest BCUT2D eigenvalue weighted by Crippen LogP contribution is 2.27. The first-order valence-electron chi connectivity index (χ1n) is 6.47. The molecule has 3 nitrogen and oxygen atoms in total. The lowest BCUT2D eigenvalue weighted by Crippen LogP contribution is -2.02. The summed E-state index contributed by atoms with van der Waals surface area (Å²) in [7, 11) is 0. The van der Waals surface area contributed by atoms with E-state index in [1.807, 2.05) is 48.0 Å². The van der Waals surface area contributed by atoms with Crippen LogP contribution in [0.15, 0.2) is 59.2 Å². The number of hydrogen-bond acceptors (Lipinski definition) is 2. The van der Waals surface area contributed by atoms with Crippen molar-refractivity contribution < 1.29 is 4.39 Å². The van der Waals surface area contributed by atoms with Crippen molar-refractivity contribution in [2.45, 2.75) is 6.92 Å². The van der Waals surface area contributed by atoms with Crippen LogP contribution in [0.2, 0.25) is 0 Å². The monoisotopic (exact) mass is 345 g/mol. The van der Waals surface area contributed by atoms with E-state index in [1.54, 1.807) is 6.07 Å². The summed E-state index contributed by atoms with van der Waals surface area (Å²) in [5.41, 5.74) is 2.48. The predicted molar refractivity (Wildman–Crippen MR) is 85.7 cm³/mol. The van der Waals surface area contributed by atoms with Crippen molar-refractivity contribution >= 4 is 27.6 Å². The van der Waals surface area contributed by atoms with Crippen molar-refractivity contribution in [1.29, 1.82) is 0 Å². The van der Waals surface area contributed by atoms with Gasteiger partial charge in [0.25, 0.3) is 0 Å². The van der Waals surface area contributed by atoms with Crippen molar-refractivity contribution in [3.05, 3.63) is 70.7 Å². The minimum Gasteiger partial charge on any atom is -0.325 e. The lowest BCUT2D eigenvalue weighted by molar-refractivity contribution is 0.626. The first-order chi connectivity index (χ1) is 10.1. The highest BCUT2D eigenvalue weighted by atomic mass is 79.9. The fourth-order valence-corrected chi connectivity index (χ4v) is 2.53. The molecule has 0 amide bonds. The second-order valence-corrected chi connectivity index (χ2v) is 5.52. The molecule has 0 spiro atoms. The van der Waals surface area contributed by atoms with Crippen LogP contribution in [-0.2, 0) is 0 Å². The van der Waals surface area contributed by atoms with E-state index < -0.39 is 0 Å². The summed E-state index contributed by atoms with van der Waals surface area (Å²) in [4.78, 5) is 4.46. The van der Waals surface area contributed by atoms with Crippen LogP contribution in [0.3, 0.4) is 0 Å². The maximum Gasteiger partial charge on any atom is 0.212 e. The molecule has 0 fully saturated rings. The van der Waals surface area contributed by atoms with Gasteiger partial charge in [-0.25, -0.2) is 9.37 Å². The molecule has 2 aromatic carbocycles. The summed E-state index contributed by atoms with van der Waals surface area (Å²) in [5, 5.41) is 3.25. The molecule has 106 valence electrons. The SMILES string of the molecule is Cc1cn(-c2cc(F)ccc2Br)c(Nc2ccccc2)n1. The lowest BCUT2D eigenvalue weighted by Gasteiger charge is -2.11. The van der Waals surface area contributed by atoms with E-state index in [9.17, 15) is 4.39 Å². The maximum atomic E-state index is 13.5. The fraction of sp³-hybridized carbons (Fsp3) is 0.0625. The first-order valence-corrected chi connectivity index (χ1v) is 7.26. The van der Waals surface area contributed by atoms with Gasteiger partial charge in [0.1, 0.15) is 5.82 Å². The molecule has 0 saturated heterocycles. The molecule has 0 aliphatic carbocycles. The van der Waals surface area contributed by atoms with Crippen LogP contribution in [0.25, 0.3) is 5.69 Å². The van der Waals surface area contributed by atoms with Crippen molar-refractivity contribution in [3.63, 3.8) is 0 Å². The van der Waals surface area contributed by atoms with Gasteiger partial charge in [-0.3, -0.25) is 4.57 Å². The predicted octanol–water partition coefficient (Wildman–Crippen LogP) is 4.83. The van der Waals surface area contributed by atoms with Gasteiger partial charge in [0.05, 0.1) is 11.4 Å². The smallest absolute Gasteiger partial charge is 0.212 e. The fourth-order valence-electron chi connectivity index (χ4n) is 2.09. The summed E-state index contributed by atoms with van der Waals surface area (Å²) in [6.45, 7) is 1.90. The minimum absolute atomic E-state index is 0.287. The zero-order chi connectivity index (χ0) is 14.8. The van der Waals surface area contributed by atoms with E-state index in [2.05, 4.69) is 26.2 Å². The molecule has 21 heavy (non-hydrogen) atoms. The van der Waals surface area contributed by atoms with Gasteiger partial charge in [-0.05, 0) is 53.2 Å². The highest BCUT2D eigenvalue weighted by Gasteiger charge is 2.11. The number of nitrogens with zero attached hydrogens (tertiary/aromatic N) is 2. The standard InChI is InChI=1S/C16H13BrFN3/c1-11-10-21(15-9-12(18)7-8-14(15)17)16(19-11)20-13-5-3-2-4-6-13/h2-10H,1H3,(H,19,20). The molecule has 3 aromatic rings. The normalized spacial score (nSPS) is 10.6. The first kappa shape index (κ1) is 13.8. The van der Waals surface area contributed by atoms with Crippen molar-refractivity contribution in [2.75, 3.05) is 5.32 Å². The van der Waals surface area contributed by atoms with Gasteiger partial charge >= 0.3 is 0 Å². The molecule has 1 aromatic heterocycles. The van der Waals surface area contributed by atoms with Gasteiger partial charge in [-0.15, -0.1) is 0 Å². The van der Waals surface area contributed by atoms with E-state index >= 15 is 0 Å². The topological polar surface area (TPSA) is 29.9 Å². The van der Waals surface area contributed by atoms with Crippen LogP contribution in [0, 0.1) is 12.7 Å². The molecule has 5 heteroatoms. The van der Waals surface area contributed by atoms with Crippen LogP contribution < -0.4 is 5.32 Å². The van der Waals surface area contributed by atoms with E-state index in [0.717, 1.165) is 15.9 Å². The largest absolute Gasteiger partial charge is 0.325 e. The van der Waals surface area contributed by atoms with E-state index in [1.165, 1.54) is 12.1 Å². The van der Waals surface area contributed by atoms with Gasteiger partial charge in [0.15, 0.2) is 0 Å². The number of nitrogens with one attached hydrogen (secondary N) is 1.